The van der Waals surface area contributed by atoms with Crippen molar-refractivity contribution in [3.05, 3.63) is 28.3 Å². The van der Waals surface area contributed by atoms with Crippen LogP contribution in [0.25, 0.3) is 0 Å². The summed E-state index contributed by atoms with van der Waals surface area (Å²) in [7, 11) is 0. The van der Waals surface area contributed by atoms with Crippen LogP contribution in [0.4, 0.5) is 0 Å². The number of hydrogen-bond donors (Lipinski definition) is 0. The molecule has 0 aliphatic heterocycles. The third-order valence-corrected chi connectivity index (χ3v) is 2.95. The lowest BCUT2D eigenvalue weighted by Gasteiger charge is -2.17. The second kappa shape index (κ2) is 4.23. The second-order valence-corrected chi connectivity index (χ2v) is 4.05. The van der Waals surface area contributed by atoms with Gasteiger partial charge in [-0.05, 0) is 37.5 Å². The molecule has 80 valence electrons. The predicted molar refractivity (Wildman–Crippen MR) is 59.9 cm³/mol. The summed E-state index contributed by atoms with van der Waals surface area (Å²) >= 11 is 6.12. The van der Waals surface area contributed by atoms with E-state index < -0.39 is 0 Å². The molecule has 0 aromatic heterocycles. The Morgan fingerprint density at radius 1 is 1.40 bits per heavy atom. The molecule has 2 rings (SSSR count). The van der Waals surface area contributed by atoms with Crippen LogP contribution in [0.1, 0.15) is 35.7 Å². The predicted octanol–water partition coefficient (Wildman–Crippen LogP) is 3.26. The molecular formula is C12H13ClO2. The number of ketones is 1. The number of carbonyl (C=O) groups excluding carboxylic acids is 1. The average Bonchev–Trinajstić information content (AvgIpc) is 2.20. The van der Waals surface area contributed by atoms with Crippen LogP contribution in [0, 0.1) is 0 Å². The highest BCUT2D eigenvalue weighted by Gasteiger charge is 2.20. The van der Waals surface area contributed by atoms with Crippen molar-refractivity contribution in [2.45, 2.75) is 26.2 Å². The van der Waals surface area contributed by atoms with E-state index >= 15 is 0 Å². The Labute approximate surface area is 94.2 Å². The minimum absolute atomic E-state index is 0.180. The van der Waals surface area contributed by atoms with Crippen molar-refractivity contribution in [1.82, 2.24) is 0 Å². The number of rotatable bonds is 2. The first-order valence-electron chi connectivity index (χ1n) is 5.20. The largest absolute Gasteiger partial charge is 0.494 e. The highest BCUT2D eigenvalue weighted by molar-refractivity contribution is 6.32. The van der Waals surface area contributed by atoms with Crippen molar-refractivity contribution in [1.29, 1.82) is 0 Å². The lowest BCUT2D eigenvalue weighted by molar-refractivity contribution is 0.0972. The number of carbonyl (C=O) groups is 1. The molecule has 1 aliphatic rings. The highest BCUT2D eigenvalue weighted by atomic mass is 35.5. The van der Waals surface area contributed by atoms with Crippen LogP contribution < -0.4 is 4.74 Å². The van der Waals surface area contributed by atoms with Gasteiger partial charge in [-0.2, -0.15) is 0 Å². The maximum atomic E-state index is 11.7. The van der Waals surface area contributed by atoms with Crippen LogP contribution >= 0.6 is 11.6 Å². The maximum absolute atomic E-state index is 11.7. The van der Waals surface area contributed by atoms with Crippen LogP contribution in [-0.2, 0) is 6.42 Å². The van der Waals surface area contributed by atoms with Crippen molar-refractivity contribution in [3.63, 3.8) is 0 Å². The smallest absolute Gasteiger partial charge is 0.163 e. The summed E-state index contributed by atoms with van der Waals surface area (Å²) in [6, 6.07) is 3.61. The molecule has 0 N–H and O–H groups in total. The monoisotopic (exact) mass is 224 g/mol. The van der Waals surface area contributed by atoms with Crippen LogP contribution in [-0.4, -0.2) is 12.4 Å². The van der Waals surface area contributed by atoms with Gasteiger partial charge in [-0.15, -0.1) is 0 Å². The van der Waals surface area contributed by atoms with E-state index in [-0.39, 0.29) is 5.78 Å². The standard InChI is InChI=1S/C12H13ClO2/c1-2-15-8-6-10-9(11(13)7-8)4-3-5-12(10)14/h6-7H,2-5H2,1H3. The Balaban J connectivity index is 2.47. The SMILES string of the molecule is CCOc1cc(Cl)c2c(c1)C(=O)CCC2. The van der Waals surface area contributed by atoms with Crippen molar-refractivity contribution in [2.75, 3.05) is 6.61 Å². The summed E-state index contributed by atoms with van der Waals surface area (Å²) in [4.78, 5) is 11.7. The zero-order valence-electron chi connectivity index (χ0n) is 8.68. The normalized spacial score (nSPS) is 14.9. The van der Waals surface area contributed by atoms with Crippen LogP contribution in [0.2, 0.25) is 5.02 Å². The molecule has 2 nitrogen and oxygen atoms in total. The quantitative estimate of drug-likeness (QED) is 0.771. The van der Waals surface area contributed by atoms with E-state index in [1.807, 2.05) is 13.0 Å². The Morgan fingerprint density at radius 3 is 2.93 bits per heavy atom. The van der Waals surface area contributed by atoms with Crippen LogP contribution in [0.5, 0.6) is 5.75 Å². The number of Topliss-reactive ketones (excluding diaryl/α,β-unsaturated/α-hetero) is 1. The van der Waals surface area contributed by atoms with Crippen molar-refractivity contribution < 1.29 is 9.53 Å². The van der Waals surface area contributed by atoms with E-state index in [1.54, 1.807) is 6.07 Å². The molecule has 1 aliphatic carbocycles. The number of fused-ring (bicyclic) bond motifs is 1. The Kier molecular flexibility index (Phi) is 2.96. The molecule has 0 bridgehead atoms. The molecule has 0 heterocycles. The lowest BCUT2D eigenvalue weighted by atomic mass is 9.90. The van der Waals surface area contributed by atoms with Gasteiger partial charge in [-0.25, -0.2) is 0 Å². The van der Waals surface area contributed by atoms with E-state index in [0.29, 0.717) is 23.8 Å². The molecule has 0 saturated carbocycles. The molecule has 0 atom stereocenters. The number of ether oxygens (including phenoxy) is 1. The Bertz CT molecular complexity index is 399. The average molecular weight is 225 g/mol. The molecule has 1 aromatic rings. The van der Waals surface area contributed by atoms with E-state index in [4.69, 9.17) is 16.3 Å². The maximum Gasteiger partial charge on any atom is 0.163 e. The van der Waals surface area contributed by atoms with Gasteiger partial charge in [0.1, 0.15) is 5.75 Å². The summed E-state index contributed by atoms with van der Waals surface area (Å²) in [5.41, 5.74) is 1.73. The highest BCUT2D eigenvalue weighted by Crippen LogP contribution is 2.32. The van der Waals surface area contributed by atoms with Gasteiger partial charge in [0.05, 0.1) is 6.61 Å². The number of benzene rings is 1. The van der Waals surface area contributed by atoms with Gasteiger partial charge in [0.25, 0.3) is 0 Å². The van der Waals surface area contributed by atoms with E-state index in [1.165, 1.54) is 0 Å². The van der Waals surface area contributed by atoms with E-state index in [9.17, 15) is 4.79 Å². The number of halogens is 1. The van der Waals surface area contributed by atoms with E-state index in [2.05, 4.69) is 0 Å². The first kappa shape index (κ1) is 10.5. The van der Waals surface area contributed by atoms with Gasteiger partial charge in [0.2, 0.25) is 0 Å². The third kappa shape index (κ3) is 2.00. The summed E-state index contributed by atoms with van der Waals surface area (Å²) in [5, 5.41) is 0.656. The molecule has 1 aromatic carbocycles. The molecule has 0 spiro atoms. The first-order chi connectivity index (χ1) is 7.22. The van der Waals surface area contributed by atoms with Gasteiger partial charge in [-0.3, -0.25) is 4.79 Å². The zero-order valence-corrected chi connectivity index (χ0v) is 9.43. The first-order valence-corrected chi connectivity index (χ1v) is 5.58. The summed E-state index contributed by atoms with van der Waals surface area (Å²) < 4.78 is 5.36. The second-order valence-electron chi connectivity index (χ2n) is 3.64. The van der Waals surface area contributed by atoms with Gasteiger partial charge in [0, 0.05) is 17.0 Å². The fourth-order valence-electron chi connectivity index (χ4n) is 1.92. The Morgan fingerprint density at radius 2 is 2.20 bits per heavy atom. The fourth-order valence-corrected chi connectivity index (χ4v) is 2.23. The molecule has 0 amide bonds. The third-order valence-electron chi connectivity index (χ3n) is 2.61. The molecule has 0 radical (unpaired) electrons. The summed E-state index contributed by atoms with van der Waals surface area (Å²) in [5.74, 6) is 0.871. The summed E-state index contributed by atoms with van der Waals surface area (Å²) in [6.07, 6.45) is 2.42. The molecule has 0 fully saturated rings. The molecule has 0 saturated heterocycles. The Hall–Kier alpha value is -1.02. The van der Waals surface area contributed by atoms with E-state index in [0.717, 1.165) is 24.0 Å². The topological polar surface area (TPSA) is 26.3 Å². The van der Waals surface area contributed by atoms with Gasteiger partial charge < -0.3 is 4.74 Å². The van der Waals surface area contributed by atoms with Gasteiger partial charge in [0.15, 0.2) is 5.78 Å². The van der Waals surface area contributed by atoms with Gasteiger partial charge >= 0.3 is 0 Å². The number of hydrogen-bond acceptors (Lipinski definition) is 2. The molecular weight excluding hydrogens is 212 g/mol. The van der Waals surface area contributed by atoms with Crippen molar-refractivity contribution in [2.24, 2.45) is 0 Å². The van der Waals surface area contributed by atoms with Crippen LogP contribution in [0.15, 0.2) is 12.1 Å². The molecule has 0 unspecified atom stereocenters. The minimum Gasteiger partial charge on any atom is -0.494 e. The minimum atomic E-state index is 0.180. The summed E-state index contributed by atoms with van der Waals surface area (Å²) in [6.45, 7) is 2.50. The fraction of sp³-hybridized carbons (Fsp3) is 0.417. The lowest BCUT2D eigenvalue weighted by Crippen LogP contribution is -2.11. The van der Waals surface area contributed by atoms with Crippen molar-refractivity contribution >= 4 is 17.4 Å². The van der Waals surface area contributed by atoms with Gasteiger partial charge in [-0.1, -0.05) is 11.6 Å². The molecule has 15 heavy (non-hydrogen) atoms. The van der Waals surface area contributed by atoms with Crippen molar-refractivity contribution in [3.8, 4) is 5.75 Å². The van der Waals surface area contributed by atoms with Crippen LogP contribution in [0.3, 0.4) is 0 Å². The molecule has 3 heteroatoms. The zero-order chi connectivity index (χ0) is 10.8.